The molecule has 0 saturated heterocycles. The Morgan fingerprint density at radius 2 is 2.19 bits per heavy atom. The van der Waals surface area contributed by atoms with E-state index >= 15 is 0 Å². The molecule has 0 aliphatic rings. The molecular weight excluding hydrogens is 206 g/mol. The van der Waals surface area contributed by atoms with E-state index in [0.29, 0.717) is 25.0 Å². The molecule has 1 N–H and O–H groups in total. The predicted molar refractivity (Wildman–Crippen MR) is 62.8 cm³/mol. The Bertz CT molecular complexity index is 329. The van der Waals surface area contributed by atoms with E-state index in [2.05, 4.69) is 15.3 Å². The van der Waals surface area contributed by atoms with Crippen LogP contribution in [-0.4, -0.2) is 35.8 Å². The summed E-state index contributed by atoms with van der Waals surface area (Å²) in [5, 5.41) is 3.12. The molecule has 0 aliphatic heterocycles. The molecule has 0 aliphatic carbocycles. The molecule has 16 heavy (non-hydrogen) atoms. The number of rotatable bonds is 6. The van der Waals surface area contributed by atoms with Gasteiger partial charge in [-0.05, 0) is 20.8 Å². The predicted octanol–water partition coefficient (Wildman–Crippen LogP) is 1.71. The fraction of sp³-hybridized carbons (Fsp3) is 0.636. The molecule has 1 aromatic heterocycles. The molecule has 0 aromatic carbocycles. The van der Waals surface area contributed by atoms with E-state index in [1.54, 1.807) is 19.4 Å². The summed E-state index contributed by atoms with van der Waals surface area (Å²) in [6.45, 7) is 7.35. The first kappa shape index (κ1) is 12.7. The van der Waals surface area contributed by atoms with Gasteiger partial charge in [0, 0.05) is 25.4 Å². The summed E-state index contributed by atoms with van der Waals surface area (Å²) in [5.74, 6) is 1.10. The van der Waals surface area contributed by atoms with Gasteiger partial charge in [0.25, 0.3) is 0 Å². The fourth-order valence-electron chi connectivity index (χ4n) is 1.27. The van der Waals surface area contributed by atoms with Crippen molar-refractivity contribution < 1.29 is 9.47 Å². The zero-order valence-electron chi connectivity index (χ0n) is 10.3. The first-order valence-corrected chi connectivity index (χ1v) is 5.32. The van der Waals surface area contributed by atoms with Gasteiger partial charge >= 0.3 is 0 Å². The van der Waals surface area contributed by atoms with Crippen molar-refractivity contribution in [3.63, 3.8) is 0 Å². The molecule has 0 unspecified atom stereocenters. The smallest absolute Gasteiger partial charge is 0.226 e. The summed E-state index contributed by atoms with van der Waals surface area (Å²) < 4.78 is 10.6. The molecular formula is C11H19N3O2. The van der Waals surface area contributed by atoms with Gasteiger partial charge in [0.05, 0.1) is 12.7 Å². The third-order valence-electron chi connectivity index (χ3n) is 2.05. The largest absolute Gasteiger partial charge is 0.481 e. The topological polar surface area (TPSA) is 56.3 Å². The monoisotopic (exact) mass is 225 g/mol. The van der Waals surface area contributed by atoms with Crippen LogP contribution >= 0.6 is 0 Å². The van der Waals surface area contributed by atoms with Gasteiger partial charge in [-0.2, -0.15) is 4.98 Å². The first-order valence-electron chi connectivity index (χ1n) is 5.32. The number of nitrogens with zero attached hydrogens (tertiary/aromatic N) is 2. The lowest BCUT2D eigenvalue weighted by atomic mass is 10.1. The van der Waals surface area contributed by atoms with Crippen LogP contribution in [0.15, 0.2) is 12.3 Å². The zero-order valence-corrected chi connectivity index (χ0v) is 10.3. The van der Waals surface area contributed by atoms with E-state index in [1.807, 2.05) is 20.8 Å². The van der Waals surface area contributed by atoms with Crippen LogP contribution in [-0.2, 0) is 4.74 Å². The Hall–Kier alpha value is -1.36. The lowest BCUT2D eigenvalue weighted by Crippen LogP contribution is -2.33. The van der Waals surface area contributed by atoms with E-state index in [9.17, 15) is 0 Å². The normalized spacial score (nSPS) is 11.2. The minimum absolute atomic E-state index is 0.235. The Kier molecular flexibility index (Phi) is 4.49. The number of nitrogens with one attached hydrogen (secondary N) is 1. The molecule has 1 aromatic rings. The molecule has 1 heterocycles. The van der Waals surface area contributed by atoms with Crippen molar-refractivity contribution in [3.8, 4) is 5.88 Å². The van der Waals surface area contributed by atoms with Gasteiger partial charge in [-0.15, -0.1) is 0 Å². The third-order valence-corrected chi connectivity index (χ3v) is 2.05. The molecule has 5 nitrogen and oxygen atoms in total. The van der Waals surface area contributed by atoms with Crippen LogP contribution in [0.25, 0.3) is 0 Å². The minimum atomic E-state index is -0.235. The molecule has 0 saturated carbocycles. The van der Waals surface area contributed by atoms with E-state index in [-0.39, 0.29) is 5.60 Å². The summed E-state index contributed by atoms with van der Waals surface area (Å²) in [6, 6.07) is 1.71. The maximum atomic E-state index is 5.56. The van der Waals surface area contributed by atoms with Crippen LogP contribution in [0.4, 0.5) is 5.95 Å². The Morgan fingerprint density at radius 1 is 1.44 bits per heavy atom. The average molecular weight is 225 g/mol. The van der Waals surface area contributed by atoms with Gasteiger partial charge in [0.15, 0.2) is 0 Å². The van der Waals surface area contributed by atoms with Crippen LogP contribution in [0.3, 0.4) is 0 Å². The van der Waals surface area contributed by atoms with Crippen LogP contribution < -0.4 is 10.1 Å². The van der Waals surface area contributed by atoms with Crippen molar-refractivity contribution in [1.29, 1.82) is 0 Å². The van der Waals surface area contributed by atoms with Gasteiger partial charge in [0.1, 0.15) is 0 Å². The molecule has 0 amide bonds. The van der Waals surface area contributed by atoms with Gasteiger partial charge in [0.2, 0.25) is 11.8 Å². The summed E-state index contributed by atoms with van der Waals surface area (Å²) in [5.41, 5.74) is -0.235. The fourth-order valence-corrected chi connectivity index (χ4v) is 1.27. The van der Waals surface area contributed by atoms with Crippen LogP contribution in [0.2, 0.25) is 0 Å². The third kappa shape index (κ3) is 4.02. The zero-order chi connectivity index (χ0) is 12.0. The summed E-state index contributed by atoms with van der Waals surface area (Å²) in [7, 11) is 1.58. The van der Waals surface area contributed by atoms with E-state index in [0.717, 1.165) is 0 Å². The average Bonchev–Trinajstić information content (AvgIpc) is 2.27. The summed E-state index contributed by atoms with van der Waals surface area (Å²) >= 11 is 0. The van der Waals surface area contributed by atoms with Crippen molar-refractivity contribution in [2.45, 2.75) is 26.4 Å². The lowest BCUT2D eigenvalue weighted by molar-refractivity contribution is 0.000573. The van der Waals surface area contributed by atoms with Crippen LogP contribution in [0, 0.1) is 0 Å². The van der Waals surface area contributed by atoms with Crippen LogP contribution in [0.5, 0.6) is 5.88 Å². The lowest BCUT2D eigenvalue weighted by Gasteiger charge is -2.24. The molecule has 0 bridgehead atoms. The van der Waals surface area contributed by atoms with Gasteiger partial charge in [-0.3, -0.25) is 0 Å². The van der Waals surface area contributed by atoms with Gasteiger partial charge < -0.3 is 14.8 Å². The second kappa shape index (κ2) is 5.65. The highest BCUT2D eigenvalue weighted by Gasteiger charge is 2.17. The quantitative estimate of drug-likeness (QED) is 0.798. The van der Waals surface area contributed by atoms with Crippen molar-refractivity contribution >= 4 is 5.95 Å². The molecule has 1 rings (SSSR count). The van der Waals surface area contributed by atoms with E-state index < -0.39 is 0 Å². The maximum absolute atomic E-state index is 5.56. The minimum Gasteiger partial charge on any atom is -0.481 e. The van der Waals surface area contributed by atoms with Crippen molar-refractivity contribution in [2.75, 3.05) is 25.6 Å². The number of anilines is 1. The van der Waals surface area contributed by atoms with Crippen molar-refractivity contribution in [1.82, 2.24) is 9.97 Å². The SMILES string of the molecule is CCOC(C)(C)CNc1nccc(OC)n1. The highest BCUT2D eigenvalue weighted by Crippen LogP contribution is 2.11. The Morgan fingerprint density at radius 3 is 2.81 bits per heavy atom. The highest BCUT2D eigenvalue weighted by molar-refractivity contribution is 5.27. The Labute approximate surface area is 96.2 Å². The molecule has 0 radical (unpaired) electrons. The summed E-state index contributed by atoms with van der Waals surface area (Å²) in [4.78, 5) is 8.25. The number of aromatic nitrogens is 2. The maximum Gasteiger partial charge on any atom is 0.226 e. The van der Waals surface area contributed by atoms with Gasteiger partial charge in [-0.1, -0.05) is 0 Å². The molecule has 5 heteroatoms. The Balaban J connectivity index is 2.53. The molecule has 90 valence electrons. The standard InChI is InChI=1S/C11H19N3O2/c1-5-16-11(2,3)8-13-10-12-7-6-9(14-10)15-4/h6-7H,5,8H2,1-4H3,(H,12,13,14). The van der Waals surface area contributed by atoms with Gasteiger partial charge in [-0.25, -0.2) is 4.98 Å². The summed E-state index contributed by atoms with van der Waals surface area (Å²) in [6.07, 6.45) is 1.65. The number of hydrogen-bond acceptors (Lipinski definition) is 5. The van der Waals surface area contributed by atoms with Crippen LogP contribution in [0.1, 0.15) is 20.8 Å². The second-order valence-electron chi connectivity index (χ2n) is 3.97. The van der Waals surface area contributed by atoms with E-state index in [4.69, 9.17) is 9.47 Å². The molecule has 0 spiro atoms. The first-order chi connectivity index (χ1) is 7.57. The van der Waals surface area contributed by atoms with Crippen molar-refractivity contribution in [2.24, 2.45) is 0 Å². The second-order valence-corrected chi connectivity index (χ2v) is 3.97. The van der Waals surface area contributed by atoms with E-state index in [1.165, 1.54) is 0 Å². The number of ether oxygens (including phenoxy) is 2. The number of methoxy groups -OCH3 is 1. The highest BCUT2D eigenvalue weighted by atomic mass is 16.5. The number of hydrogen-bond donors (Lipinski definition) is 1. The molecule has 0 atom stereocenters. The molecule has 0 fully saturated rings. The van der Waals surface area contributed by atoms with Crippen molar-refractivity contribution in [3.05, 3.63) is 12.3 Å².